The zero-order valence-electron chi connectivity index (χ0n) is 9.77. The Balaban J connectivity index is 2.25. The van der Waals surface area contributed by atoms with Crippen LogP contribution in [0, 0.1) is 11.3 Å². The number of hydrogen-bond acceptors (Lipinski definition) is 1. The van der Waals surface area contributed by atoms with E-state index >= 15 is 0 Å². The molecule has 1 heteroatoms. The van der Waals surface area contributed by atoms with Crippen LogP contribution in [0.5, 0.6) is 0 Å². The van der Waals surface area contributed by atoms with Crippen LogP contribution in [-0.4, -0.2) is 24.5 Å². The quantitative estimate of drug-likeness (QED) is 0.635. The first kappa shape index (κ1) is 11.0. The Hall–Kier alpha value is -0.0400. The van der Waals surface area contributed by atoms with E-state index in [9.17, 15) is 0 Å². The maximum absolute atomic E-state index is 2.57. The van der Waals surface area contributed by atoms with E-state index in [0.29, 0.717) is 5.41 Å². The Kier molecular flexibility index (Phi) is 3.78. The fourth-order valence-electron chi connectivity index (χ4n) is 2.37. The van der Waals surface area contributed by atoms with Gasteiger partial charge in [0.15, 0.2) is 0 Å². The molecule has 0 radical (unpaired) electrons. The van der Waals surface area contributed by atoms with E-state index in [4.69, 9.17) is 0 Å². The van der Waals surface area contributed by atoms with Crippen LogP contribution in [0.3, 0.4) is 0 Å². The van der Waals surface area contributed by atoms with Crippen LogP contribution in [0.25, 0.3) is 0 Å². The standard InChI is InChI=1S/C12H25N/c1-5-13-8-6-11(7-9-13)10-12(2,3)4/h11H,5-10H2,1-4H3. The van der Waals surface area contributed by atoms with E-state index < -0.39 is 0 Å². The molecule has 13 heavy (non-hydrogen) atoms. The van der Waals surface area contributed by atoms with Crippen LogP contribution in [0.2, 0.25) is 0 Å². The van der Waals surface area contributed by atoms with Crippen molar-refractivity contribution in [3.63, 3.8) is 0 Å². The summed E-state index contributed by atoms with van der Waals surface area (Å²) in [6.07, 6.45) is 4.25. The third kappa shape index (κ3) is 4.12. The van der Waals surface area contributed by atoms with Crippen molar-refractivity contribution in [2.45, 2.75) is 47.0 Å². The van der Waals surface area contributed by atoms with Crippen LogP contribution in [0.4, 0.5) is 0 Å². The Labute approximate surface area is 83.5 Å². The van der Waals surface area contributed by atoms with Gasteiger partial charge in [-0.15, -0.1) is 0 Å². The Morgan fingerprint density at radius 2 is 1.69 bits per heavy atom. The molecule has 0 aromatic rings. The van der Waals surface area contributed by atoms with Gasteiger partial charge in [0.25, 0.3) is 0 Å². The number of piperidine rings is 1. The van der Waals surface area contributed by atoms with E-state index in [1.165, 1.54) is 38.9 Å². The highest BCUT2D eigenvalue weighted by Crippen LogP contribution is 2.30. The molecule has 1 rings (SSSR count). The number of likely N-dealkylation sites (tertiary alicyclic amines) is 1. The first-order valence-electron chi connectivity index (χ1n) is 5.73. The molecule has 1 heterocycles. The molecule has 1 aliphatic heterocycles. The minimum atomic E-state index is 0.527. The molecule has 0 unspecified atom stereocenters. The van der Waals surface area contributed by atoms with Gasteiger partial charge in [-0.1, -0.05) is 27.7 Å². The van der Waals surface area contributed by atoms with Crippen LogP contribution >= 0.6 is 0 Å². The molecule has 0 spiro atoms. The molecule has 0 aromatic heterocycles. The molecule has 0 atom stereocenters. The van der Waals surface area contributed by atoms with Crippen molar-refractivity contribution in [2.75, 3.05) is 19.6 Å². The SMILES string of the molecule is CCN1CCC(CC(C)(C)C)CC1. The maximum Gasteiger partial charge on any atom is -0.00162 e. The second kappa shape index (κ2) is 4.45. The van der Waals surface area contributed by atoms with Gasteiger partial charge >= 0.3 is 0 Å². The molecule has 1 nitrogen and oxygen atoms in total. The van der Waals surface area contributed by atoms with Gasteiger partial charge in [0.05, 0.1) is 0 Å². The molecule has 1 aliphatic rings. The molecule has 1 fully saturated rings. The second-order valence-electron chi connectivity index (χ2n) is 5.64. The minimum absolute atomic E-state index is 0.527. The average molecular weight is 183 g/mol. The minimum Gasteiger partial charge on any atom is -0.304 e. The second-order valence-corrected chi connectivity index (χ2v) is 5.64. The van der Waals surface area contributed by atoms with E-state index in [1.807, 2.05) is 0 Å². The summed E-state index contributed by atoms with van der Waals surface area (Å²) in [5.74, 6) is 0.989. The fraction of sp³-hybridized carbons (Fsp3) is 1.00. The van der Waals surface area contributed by atoms with Crippen molar-refractivity contribution >= 4 is 0 Å². The van der Waals surface area contributed by atoms with Gasteiger partial charge in [-0.2, -0.15) is 0 Å². The van der Waals surface area contributed by atoms with E-state index in [2.05, 4.69) is 32.6 Å². The summed E-state index contributed by atoms with van der Waals surface area (Å²) in [6, 6.07) is 0. The van der Waals surface area contributed by atoms with Crippen molar-refractivity contribution in [1.82, 2.24) is 4.90 Å². The Bertz CT molecular complexity index is 138. The highest BCUT2D eigenvalue weighted by molar-refractivity contribution is 4.75. The summed E-state index contributed by atoms with van der Waals surface area (Å²) in [7, 11) is 0. The van der Waals surface area contributed by atoms with Gasteiger partial charge in [0.1, 0.15) is 0 Å². The van der Waals surface area contributed by atoms with Crippen LogP contribution in [-0.2, 0) is 0 Å². The van der Waals surface area contributed by atoms with Crippen molar-refractivity contribution < 1.29 is 0 Å². The Morgan fingerprint density at radius 3 is 2.08 bits per heavy atom. The summed E-state index contributed by atoms with van der Waals surface area (Å²) >= 11 is 0. The lowest BCUT2D eigenvalue weighted by molar-refractivity contribution is 0.158. The smallest absolute Gasteiger partial charge is 0.00162 e. The normalized spacial score (nSPS) is 22.2. The molecule has 0 N–H and O–H groups in total. The first-order valence-corrected chi connectivity index (χ1v) is 5.73. The predicted molar refractivity (Wildman–Crippen MR) is 58.9 cm³/mol. The summed E-state index contributed by atoms with van der Waals surface area (Å²) < 4.78 is 0. The topological polar surface area (TPSA) is 3.24 Å². The zero-order chi connectivity index (χ0) is 9.90. The van der Waals surface area contributed by atoms with Crippen LogP contribution in [0.1, 0.15) is 47.0 Å². The van der Waals surface area contributed by atoms with Gasteiger partial charge < -0.3 is 4.90 Å². The number of hydrogen-bond donors (Lipinski definition) is 0. The maximum atomic E-state index is 2.57. The van der Waals surface area contributed by atoms with E-state index in [0.717, 1.165) is 5.92 Å². The molecule has 0 amide bonds. The monoisotopic (exact) mass is 183 g/mol. The largest absolute Gasteiger partial charge is 0.304 e. The third-order valence-electron chi connectivity index (χ3n) is 3.06. The van der Waals surface area contributed by atoms with Gasteiger partial charge in [-0.05, 0) is 50.2 Å². The van der Waals surface area contributed by atoms with Crippen molar-refractivity contribution in [3.05, 3.63) is 0 Å². The van der Waals surface area contributed by atoms with Crippen molar-refractivity contribution in [2.24, 2.45) is 11.3 Å². The molecule has 0 aromatic carbocycles. The predicted octanol–water partition coefficient (Wildman–Crippen LogP) is 3.15. The molecule has 1 saturated heterocycles. The summed E-state index contributed by atoms with van der Waals surface area (Å²) in [5.41, 5.74) is 0.527. The molecular formula is C12H25N. The molecule has 78 valence electrons. The van der Waals surface area contributed by atoms with Crippen LogP contribution < -0.4 is 0 Å². The fourth-order valence-corrected chi connectivity index (χ4v) is 2.37. The summed E-state index contributed by atoms with van der Waals surface area (Å²) in [6.45, 7) is 13.2. The van der Waals surface area contributed by atoms with Crippen molar-refractivity contribution in [3.8, 4) is 0 Å². The van der Waals surface area contributed by atoms with Gasteiger partial charge in [-0.25, -0.2) is 0 Å². The highest BCUT2D eigenvalue weighted by atomic mass is 15.1. The lowest BCUT2D eigenvalue weighted by atomic mass is 9.80. The van der Waals surface area contributed by atoms with Crippen molar-refractivity contribution in [1.29, 1.82) is 0 Å². The lowest BCUT2D eigenvalue weighted by Gasteiger charge is -2.34. The van der Waals surface area contributed by atoms with Crippen LogP contribution in [0.15, 0.2) is 0 Å². The first-order chi connectivity index (χ1) is 6.01. The van der Waals surface area contributed by atoms with Gasteiger partial charge in [-0.3, -0.25) is 0 Å². The summed E-state index contributed by atoms with van der Waals surface area (Å²) in [5, 5.41) is 0. The zero-order valence-corrected chi connectivity index (χ0v) is 9.77. The van der Waals surface area contributed by atoms with Gasteiger partial charge in [0, 0.05) is 0 Å². The molecule has 0 saturated carbocycles. The average Bonchev–Trinajstić information content (AvgIpc) is 2.03. The van der Waals surface area contributed by atoms with E-state index in [1.54, 1.807) is 0 Å². The third-order valence-corrected chi connectivity index (χ3v) is 3.06. The molecule has 0 bridgehead atoms. The molecular weight excluding hydrogens is 158 g/mol. The molecule has 0 aliphatic carbocycles. The van der Waals surface area contributed by atoms with Gasteiger partial charge in [0.2, 0.25) is 0 Å². The van der Waals surface area contributed by atoms with E-state index in [-0.39, 0.29) is 0 Å². The lowest BCUT2D eigenvalue weighted by Crippen LogP contribution is -2.34. The Morgan fingerprint density at radius 1 is 1.15 bits per heavy atom. The highest BCUT2D eigenvalue weighted by Gasteiger charge is 2.22. The number of nitrogens with zero attached hydrogens (tertiary/aromatic N) is 1. The number of rotatable bonds is 2. The summed E-state index contributed by atoms with van der Waals surface area (Å²) in [4.78, 5) is 2.57.